The van der Waals surface area contributed by atoms with E-state index < -0.39 is 10.9 Å². The van der Waals surface area contributed by atoms with Crippen LogP contribution in [0.4, 0.5) is 23.0 Å². The molecule has 0 spiro atoms. The van der Waals surface area contributed by atoms with Gasteiger partial charge in [0.2, 0.25) is 11.6 Å². The summed E-state index contributed by atoms with van der Waals surface area (Å²) in [5, 5.41) is 17.7. The SMILES string of the molecule is COC(=O)c1ccccc1Nc1ncnc(NCCc2ccc(OC)c(OC)c2)c1[N+](=O)[O-]. The summed E-state index contributed by atoms with van der Waals surface area (Å²) in [5.41, 5.74) is 1.14. The van der Waals surface area contributed by atoms with Crippen molar-refractivity contribution in [2.75, 3.05) is 38.5 Å². The Balaban J connectivity index is 1.80. The molecule has 0 atom stereocenters. The van der Waals surface area contributed by atoms with Crippen LogP contribution >= 0.6 is 0 Å². The van der Waals surface area contributed by atoms with Crippen LogP contribution in [0.1, 0.15) is 15.9 Å². The van der Waals surface area contributed by atoms with Crippen LogP contribution in [-0.2, 0) is 11.2 Å². The summed E-state index contributed by atoms with van der Waals surface area (Å²) in [6.45, 7) is 0.367. The minimum absolute atomic E-state index is 0.0496. The molecule has 0 aliphatic carbocycles. The number of hydrogen-bond acceptors (Lipinski definition) is 10. The molecule has 0 unspecified atom stereocenters. The lowest BCUT2D eigenvalue weighted by molar-refractivity contribution is -0.383. The molecule has 33 heavy (non-hydrogen) atoms. The van der Waals surface area contributed by atoms with Gasteiger partial charge in [-0.25, -0.2) is 14.8 Å². The summed E-state index contributed by atoms with van der Waals surface area (Å²) < 4.78 is 15.3. The van der Waals surface area contributed by atoms with Crippen molar-refractivity contribution < 1.29 is 23.9 Å². The van der Waals surface area contributed by atoms with E-state index in [4.69, 9.17) is 14.2 Å². The molecule has 3 rings (SSSR count). The van der Waals surface area contributed by atoms with Gasteiger partial charge in [-0.3, -0.25) is 10.1 Å². The maximum absolute atomic E-state index is 12.0. The van der Waals surface area contributed by atoms with Crippen molar-refractivity contribution in [2.45, 2.75) is 6.42 Å². The van der Waals surface area contributed by atoms with Crippen LogP contribution < -0.4 is 20.1 Å². The Hall–Kier alpha value is -4.41. The van der Waals surface area contributed by atoms with Gasteiger partial charge in [0.15, 0.2) is 11.5 Å². The summed E-state index contributed by atoms with van der Waals surface area (Å²) in [7, 11) is 4.37. The van der Waals surface area contributed by atoms with Crippen LogP contribution in [0, 0.1) is 10.1 Å². The quantitative estimate of drug-likeness (QED) is 0.266. The highest BCUT2D eigenvalue weighted by Gasteiger charge is 2.24. The number of carbonyl (C=O) groups is 1. The van der Waals surface area contributed by atoms with Crippen LogP contribution in [0.5, 0.6) is 11.5 Å². The Morgan fingerprint density at radius 2 is 1.76 bits per heavy atom. The van der Waals surface area contributed by atoms with Gasteiger partial charge < -0.3 is 24.8 Å². The first kappa shape index (κ1) is 23.3. The Kier molecular flexibility index (Phi) is 7.58. The predicted molar refractivity (Wildman–Crippen MR) is 121 cm³/mol. The number of esters is 1. The zero-order chi connectivity index (χ0) is 23.8. The van der Waals surface area contributed by atoms with Crippen molar-refractivity contribution in [3.63, 3.8) is 0 Å². The van der Waals surface area contributed by atoms with E-state index in [0.29, 0.717) is 30.2 Å². The number of nitrogens with zero attached hydrogens (tertiary/aromatic N) is 3. The molecular formula is C22H23N5O6. The molecule has 0 aliphatic rings. The monoisotopic (exact) mass is 453 g/mol. The van der Waals surface area contributed by atoms with Gasteiger partial charge in [-0.15, -0.1) is 0 Å². The Labute approximate surface area is 189 Å². The van der Waals surface area contributed by atoms with Crippen LogP contribution in [-0.4, -0.2) is 48.7 Å². The van der Waals surface area contributed by atoms with Gasteiger partial charge in [-0.1, -0.05) is 18.2 Å². The van der Waals surface area contributed by atoms with Gasteiger partial charge in [0.1, 0.15) is 6.33 Å². The number of anilines is 3. The summed E-state index contributed by atoms with van der Waals surface area (Å²) in [6.07, 6.45) is 1.75. The fourth-order valence-electron chi connectivity index (χ4n) is 3.14. The lowest BCUT2D eigenvalue weighted by Crippen LogP contribution is -2.12. The minimum Gasteiger partial charge on any atom is -0.493 e. The van der Waals surface area contributed by atoms with Crippen molar-refractivity contribution in [2.24, 2.45) is 0 Å². The molecule has 0 saturated heterocycles. The largest absolute Gasteiger partial charge is 0.493 e. The number of rotatable bonds is 10. The highest BCUT2D eigenvalue weighted by molar-refractivity contribution is 5.96. The van der Waals surface area contributed by atoms with E-state index in [9.17, 15) is 14.9 Å². The lowest BCUT2D eigenvalue weighted by Gasteiger charge is -2.12. The van der Waals surface area contributed by atoms with Gasteiger partial charge in [-0.2, -0.15) is 0 Å². The predicted octanol–water partition coefficient (Wildman–Crippen LogP) is 3.59. The maximum Gasteiger partial charge on any atom is 0.353 e. The Morgan fingerprint density at radius 1 is 1.03 bits per heavy atom. The van der Waals surface area contributed by atoms with Crippen molar-refractivity contribution in [3.05, 3.63) is 70.0 Å². The van der Waals surface area contributed by atoms with Crippen molar-refractivity contribution in [1.29, 1.82) is 0 Å². The number of para-hydroxylation sites is 1. The molecule has 0 aliphatic heterocycles. The molecule has 11 heteroatoms. The molecule has 3 aromatic rings. The highest BCUT2D eigenvalue weighted by Crippen LogP contribution is 2.32. The van der Waals surface area contributed by atoms with E-state index in [1.807, 2.05) is 12.1 Å². The number of nitrogens with one attached hydrogen (secondary N) is 2. The van der Waals surface area contributed by atoms with Crippen LogP contribution in [0.2, 0.25) is 0 Å². The number of benzene rings is 2. The first-order valence-electron chi connectivity index (χ1n) is 9.87. The van der Waals surface area contributed by atoms with Crippen molar-refractivity contribution in [1.82, 2.24) is 9.97 Å². The normalized spacial score (nSPS) is 10.3. The van der Waals surface area contributed by atoms with Gasteiger partial charge in [-0.05, 0) is 36.2 Å². The second-order valence-electron chi connectivity index (χ2n) is 6.70. The number of ether oxygens (including phenoxy) is 3. The number of hydrogen-bond donors (Lipinski definition) is 2. The fourth-order valence-corrected chi connectivity index (χ4v) is 3.14. The first-order valence-corrected chi connectivity index (χ1v) is 9.87. The summed E-state index contributed by atoms with van der Waals surface area (Å²) >= 11 is 0. The molecule has 0 radical (unpaired) electrons. The molecule has 0 fully saturated rings. The van der Waals surface area contributed by atoms with E-state index >= 15 is 0 Å². The molecule has 2 N–H and O–H groups in total. The minimum atomic E-state index is -0.582. The van der Waals surface area contributed by atoms with Gasteiger partial charge in [0, 0.05) is 6.54 Å². The zero-order valence-electron chi connectivity index (χ0n) is 18.3. The van der Waals surface area contributed by atoms with E-state index in [-0.39, 0.29) is 22.9 Å². The fraction of sp³-hybridized carbons (Fsp3) is 0.227. The smallest absolute Gasteiger partial charge is 0.353 e. The van der Waals surface area contributed by atoms with Crippen LogP contribution in [0.3, 0.4) is 0 Å². The molecular weight excluding hydrogens is 430 g/mol. The molecule has 0 amide bonds. The average molecular weight is 453 g/mol. The molecule has 0 bridgehead atoms. The van der Waals surface area contributed by atoms with E-state index in [2.05, 4.69) is 20.6 Å². The lowest BCUT2D eigenvalue weighted by atomic mass is 10.1. The molecule has 11 nitrogen and oxygen atoms in total. The third kappa shape index (κ3) is 5.45. The first-order chi connectivity index (χ1) is 16.0. The van der Waals surface area contributed by atoms with E-state index in [0.717, 1.165) is 5.56 Å². The number of nitro groups is 1. The Bertz CT molecular complexity index is 1150. The zero-order valence-corrected chi connectivity index (χ0v) is 18.3. The van der Waals surface area contributed by atoms with Crippen molar-refractivity contribution in [3.8, 4) is 11.5 Å². The summed E-state index contributed by atoms with van der Waals surface area (Å²) in [6, 6.07) is 12.0. The van der Waals surface area contributed by atoms with E-state index in [1.165, 1.54) is 13.4 Å². The summed E-state index contributed by atoms with van der Waals surface area (Å²) in [5.74, 6) is 0.624. The third-order valence-corrected chi connectivity index (χ3v) is 4.74. The Morgan fingerprint density at radius 3 is 2.45 bits per heavy atom. The number of aromatic nitrogens is 2. The third-order valence-electron chi connectivity index (χ3n) is 4.74. The maximum atomic E-state index is 12.0. The number of methoxy groups -OCH3 is 3. The number of carbonyl (C=O) groups excluding carboxylic acids is 1. The van der Waals surface area contributed by atoms with Crippen molar-refractivity contribution >= 4 is 29.0 Å². The van der Waals surface area contributed by atoms with E-state index in [1.54, 1.807) is 44.6 Å². The van der Waals surface area contributed by atoms with Crippen LogP contribution in [0.25, 0.3) is 0 Å². The average Bonchev–Trinajstić information content (AvgIpc) is 2.83. The van der Waals surface area contributed by atoms with Crippen LogP contribution in [0.15, 0.2) is 48.8 Å². The molecule has 1 heterocycles. The van der Waals surface area contributed by atoms with Gasteiger partial charge in [0.25, 0.3) is 0 Å². The second-order valence-corrected chi connectivity index (χ2v) is 6.70. The standard InChI is InChI=1S/C22H23N5O6/c1-31-17-9-8-14(12-18(17)32-2)10-11-23-20-19(27(29)30)21(25-13-24-20)26-16-7-5-4-6-15(16)22(28)33-3/h4-9,12-13H,10-11H2,1-3H3,(H2,23,24,25,26). The molecule has 172 valence electrons. The van der Waals surface area contributed by atoms with Gasteiger partial charge >= 0.3 is 11.7 Å². The topological polar surface area (TPSA) is 138 Å². The molecule has 0 saturated carbocycles. The second kappa shape index (κ2) is 10.8. The molecule has 2 aromatic carbocycles. The molecule has 1 aromatic heterocycles. The highest BCUT2D eigenvalue weighted by atomic mass is 16.6. The van der Waals surface area contributed by atoms with Gasteiger partial charge in [0.05, 0.1) is 37.5 Å². The summed E-state index contributed by atoms with van der Waals surface area (Å²) in [4.78, 5) is 31.3.